The molecule has 4 nitrogen and oxygen atoms in total. The van der Waals surface area contributed by atoms with Crippen LogP contribution in [0, 0.1) is 5.92 Å². The number of piperidine rings is 1. The van der Waals surface area contributed by atoms with Crippen molar-refractivity contribution in [2.24, 2.45) is 11.0 Å². The minimum absolute atomic E-state index is 0.273. The van der Waals surface area contributed by atoms with E-state index in [1.807, 2.05) is 6.07 Å². The van der Waals surface area contributed by atoms with Crippen molar-refractivity contribution in [1.29, 1.82) is 0 Å². The summed E-state index contributed by atoms with van der Waals surface area (Å²) in [5.74, 6) is 1.33. The molecule has 1 aromatic rings. The van der Waals surface area contributed by atoms with Gasteiger partial charge in [-0.05, 0) is 33.6 Å². The first kappa shape index (κ1) is 12.0. The molecular formula is C13H16BrN3O. The molecule has 0 aliphatic carbocycles. The lowest BCUT2D eigenvalue weighted by Crippen LogP contribution is -2.38. The average molecular weight is 310 g/mol. The fraction of sp³-hybridized carbons (Fsp3) is 0.462. The van der Waals surface area contributed by atoms with E-state index in [0.717, 1.165) is 29.7 Å². The van der Waals surface area contributed by atoms with E-state index in [1.54, 1.807) is 7.11 Å². The van der Waals surface area contributed by atoms with Gasteiger partial charge in [0.05, 0.1) is 17.6 Å². The van der Waals surface area contributed by atoms with Crippen LogP contribution in [0.15, 0.2) is 27.8 Å². The van der Waals surface area contributed by atoms with E-state index >= 15 is 0 Å². The first-order chi connectivity index (χ1) is 8.79. The van der Waals surface area contributed by atoms with Crippen LogP contribution in [0.3, 0.4) is 0 Å². The summed E-state index contributed by atoms with van der Waals surface area (Å²) in [5, 5.41) is 7.90. The van der Waals surface area contributed by atoms with Crippen molar-refractivity contribution in [1.82, 2.24) is 10.7 Å². The largest absolute Gasteiger partial charge is 0.496 e. The number of halogens is 1. The molecule has 1 aromatic carbocycles. The molecule has 1 saturated heterocycles. The van der Waals surface area contributed by atoms with Crippen molar-refractivity contribution < 1.29 is 4.74 Å². The van der Waals surface area contributed by atoms with E-state index in [0.29, 0.717) is 5.92 Å². The van der Waals surface area contributed by atoms with Crippen LogP contribution in [0.2, 0.25) is 0 Å². The van der Waals surface area contributed by atoms with Gasteiger partial charge in [-0.1, -0.05) is 6.07 Å². The minimum Gasteiger partial charge on any atom is -0.496 e. The van der Waals surface area contributed by atoms with Crippen LogP contribution in [0.1, 0.15) is 18.0 Å². The van der Waals surface area contributed by atoms with E-state index < -0.39 is 0 Å². The van der Waals surface area contributed by atoms with Gasteiger partial charge in [0.15, 0.2) is 0 Å². The van der Waals surface area contributed by atoms with Gasteiger partial charge in [0.1, 0.15) is 5.75 Å². The Morgan fingerprint density at radius 3 is 3.11 bits per heavy atom. The molecule has 2 N–H and O–H groups in total. The van der Waals surface area contributed by atoms with Gasteiger partial charge in [0, 0.05) is 31.1 Å². The Bertz CT molecular complexity index is 489. The molecule has 2 aliphatic heterocycles. The predicted molar refractivity (Wildman–Crippen MR) is 75.0 cm³/mol. The zero-order chi connectivity index (χ0) is 12.5. The number of hydrogen-bond donors (Lipinski definition) is 2. The molecule has 0 amide bonds. The fourth-order valence-electron chi connectivity index (χ4n) is 2.65. The first-order valence-electron chi connectivity index (χ1n) is 6.15. The van der Waals surface area contributed by atoms with Crippen molar-refractivity contribution in [3.05, 3.63) is 28.2 Å². The van der Waals surface area contributed by atoms with Gasteiger partial charge in [0.2, 0.25) is 0 Å². The molecule has 3 rings (SSSR count). The molecule has 2 aliphatic rings. The monoisotopic (exact) mass is 309 g/mol. The normalized spacial score (nSPS) is 26.2. The highest BCUT2D eigenvalue weighted by Crippen LogP contribution is 2.34. The third kappa shape index (κ3) is 2.01. The van der Waals surface area contributed by atoms with Crippen molar-refractivity contribution >= 4 is 21.6 Å². The smallest absolute Gasteiger partial charge is 0.133 e. The zero-order valence-corrected chi connectivity index (χ0v) is 11.8. The Balaban J connectivity index is 1.85. The van der Waals surface area contributed by atoms with E-state index in [9.17, 15) is 0 Å². The third-order valence-electron chi connectivity index (χ3n) is 3.63. The second-order valence-electron chi connectivity index (χ2n) is 4.66. The summed E-state index contributed by atoms with van der Waals surface area (Å²) in [6.45, 7) is 2.04. The van der Waals surface area contributed by atoms with E-state index in [1.165, 1.54) is 11.3 Å². The lowest BCUT2D eigenvalue weighted by molar-refractivity contribution is 0.410. The van der Waals surface area contributed by atoms with Gasteiger partial charge < -0.3 is 15.5 Å². The lowest BCUT2D eigenvalue weighted by atomic mass is 9.87. The van der Waals surface area contributed by atoms with Crippen LogP contribution in [0.25, 0.3) is 0 Å². The SMILES string of the molecule is COc1ccc(C2NN=C3CCNCC32)cc1Br. The summed E-state index contributed by atoms with van der Waals surface area (Å²) in [4.78, 5) is 0. The Hall–Kier alpha value is -1.07. The van der Waals surface area contributed by atoms with Gasteiger partial charge in [-0.15, -0.1) is 0 Å². The van der Waals surface area contributed by atoms with Gasteiger partial charge in [-0.3, -0.25) is 0 Å². The predicted octanol–water partition coefficient (Wildman–Crippen LogP) is 2.07. The minimum atomic E-state index is 0.273. The second kappa shape index (κ2) is 4.90. The van der Waals surface area contributed by atoms with Crippen LogP contribution < -0.4 is 15.5 Å². The van der Waals surface area contributed by atoms with Crippen molar-refractivity contribution in [3.63, 3.8) is 0 Å². The summed E-state index contributed by atoms with van der Waals surface area (Å²) in [5.41, 5.74) is 5.81. The first-order valence-corrected chi connectivity index (χ1v) is 6.95. The topological polar surface area (TPSA) is 45.6 Å². The van der Waals surface area contributed by atoms with Gasteiger partial charge >= 0.3 is 0 Å². The number of rotatable bonds is 2. The van der Waals surface area contributed by atoms with Gasteiger partial charge in [-0.2, -0.15) is 5.10 Å². The van der Waals surface area contributed by atoms with Gasteiger partial charge in [0.25, 0.3) is 0 Å². The van der Waals surface area contributed by atoms with E-state index in [4.69, 9.17) is 4.74 Å². The Labute approximate surface area is 115 Å². The molecule has 0 bridgehead atoms. The Kier molecular flexibility index (Phi) is 3.26. The van der Waals surface area contributed by atoms with E-state index in [2.05, 4.69) is 43.9 Å². The number of hydrazone groups is 1. The molecule has 0 saturated carbocycles. The number of hydrogen-bond acceptors (Lipinski definition) is 4. The summed E-state index contributed by atoms with van der Waals surface area (Å²) in [6, 6.07) is 6.49. The molecule has 1 fully saturated rings. The van der Waals surface area contributed by atoms with Crippen LogP contribution in [0.5, 0.6) is 5.75 Å². The van der Waals surface area contributed by atoms with Crippen molar-refractivity contribution in [2.45, 2.75) is 12.5 Å². The summed E-state index contributed by atoms with van der Waals surface area (Å²) in [6.07, 6.45) is 1.05. The standard InChI is InChI=1S/C13H16BrN3O/c1-18-12-3-2-8(6-10(12)14)13-9-7-15-5-4-11(9)16-17-13/h2-3,6,9,13,15,17H,4-5,7H2,1H3. The maximum atomic E-state index is 5.26. The van der Waals surface area contributed by atoms with Crippen LogP contribution in [0.4, 0.5) is 0 Å². The Morgan fingerprint density at radius 2 is 2.33 bits per heavy atom. The van der Waals surface area contributed by atoms with Crippen LogP contribution in [-0.4, -0.2) is 25.9 Å². The van der Waals surface area contributed by atoms with Crippen molar-refractivity contribution in [3.8, 4) is 5.75 Å². The highest BCUT2D eigenvalue weighted by Gasteiger charge is 2.34. The molecule has 0 radical (unpaired) electrons. The summed E-state index contributed by atoms with van der Waals surface area (Å²) >= 11 is 3.54. The summed E-state index contributed by atoms with van der Waals surface area (Å²) < 4.78 is 6.25. The molecule has 5 heteroatoms. The highest BCUT2D eigenvalue weighted by atomic mass is 79.9. The lowest BCUT2D eigenvalue weighted by Gasteiger charge is -2.25. The number of ether oxygens (including phenoxy) is 1. The molecule has 2 unspecified atom stereocenters. The number of methoxy groups -OCH3 is 1. The number of fused-ring (bicyclic) bond motifs is 1. The third-order valence-corrected chi connectivity index (χ3v) is 4.25. The second-order valence-corrected chi connectivity index (χ2v) is 5.52. The highest BCUT2D eigenvalue weighted by molar-refractivity contribution is 9.10. The fourth-order valence-corrected chi connectivity index (χ4v) is 3.21. The molecule has 96 valence electrons. The molecule has 18 heavy (non-hydrogen) atoms. The molecule has 2 heterocycles. The average Bonchev–Trinajstić information content (AvgIpc) is 2.82. The van der Waals surface area contributed by atoms with Gasteiger partial charge in [-0.25, -0.2) is 0 Å². The molecular weight excluding hydrogens is 294 g/mol. The maximum Gasteiger partial charge on any atom is 0.133 e. The number of nitrogens with one attached hydrogen (secondary N) is 2. The van der Waals surface area contributed by atoms with E-state index in [-0.39, 0.29) is 6.04 Å². The maximum absolute atomic E-state index is 5.26. The van der Waals surface area contributed by atoms with Crippen LogP contribution >= 0.6 is 15.9 Å². The van der Waals surface area contributed by atoms with Crippen molar-refractivity contribution in [2.75, 3.05) is 20.2 Å². The number of benzene rings is 1. The number of nitrogens with zero attached hydrogens (tertiary/aromatic N) is 1. The molecule has 0 aromatic heterocycles. The van der Waals surface area contributed by atoms with Crippen LogP contribution in [-0.2, 0) is 0 Å². The molecule has 2 atom stereocenters. The zero-order valence-electron chi connectivity index (χ0n) is 10.2. The Morgan fingerprint density at radius 1 is 1.44 bits per heavy atom. The molecule has 0 spiro atoms. The quantitative estimate of drug-likeness (QED) is 0.879. The summed E-state index contributed by atoms with van der Waals surface area (Å²) in [7, 11) is 1.68.